The lowest BCUT2D eigenvalue weighted by Crippen LogP contribution is -2.04. The zero-order valence-corrected chi connectivity index (χ0v) is 18.6. The Bertz CT molecular complexity index is 1090. The third kappa shape index (κ3) is 5.81. The highest BCUT2D eigenvalue weighted by molar-refractivity contribution is 14.1. The summed E-state index contributed by atoms with van der Waals surface area (Å²) < 4.78 is 12.2. The topological polar surface area (TPSA) is 117 Å². The second-order valence-corrected chi connectivity index (χ2v) is 7.64. The third-order valence-corrected chi connectivity index (χ3v) is 5.20. The summed E-state index contributed by atoms with van der Waals surface area (Å²) in [5.74, 6) is 1.15. The van der Waals surface area contributed by atoms with Gasteiger partial charge in [0.2, 0.25) is 0 Å². The smallest absolute Gasteiger partial charge is 0.269 e. The maximum Gasteiger partial charge on any atom is 0.269 e. The first-order chi connectivity index (χ1) is 14.9. The average Bonchev–Trinajstić information content (AvgIpc) is 2.77. The minimum Gasteiger partial charge on any atom is -0.493 e. The van der Waals surface area contributed by atoms with E-state index in [-0.39, 0.29) is 18.0 Å². The fraction of sp³-hybridized carbons (Fsp3) is 0.143. The van der Waals surface area contributed by atoms with Gasteiger partial charge in [0, 0.05) is 36.5 Å². The Morgan fingerprint density at radius 3 is 2.03 bits per heavy atom. The average molecular weight is 535 g/mol. The number of hydrogen-bond acceptors (Lipinski definition) is 7. The number of halogens is 1. The summed E-state index contributed by atoms with van der Waals surface area (Å²) in [6.45, 7) is 0.734. The van der Waals surface area contributed by atoms with Crippen LogP contribution in [-0.4, -0.2) is 17.0 Å². The summed E-state index contributed by atoms with van der Waals surface area (Å²) in [7, 11) is 1.55. The highest BCUT2D eigenvalue weighted by Crippen LogP contribution is 2.35. The van der Waals surface area contributed by atoms with Gasteiger partial charge in [0.25, 0.3) is 11.4 Å². The molecule has 3 rings (SSSR count). The number of ether oxygens (including phenoxy) is 2. The fourth-order valence-corrected chi connectivity index (χ4v) is 3.61. The lowest BCUT2D eigenvalue weighted by molar-refractivity contribution is -0.385. The van der Waals surface area contributed by atoms with Crippen molar-refractivity contribution in [2.24, 2.45) is 0 Å². The summed E-state index contributed by atoms with van der Waals surface area (Å²) in [5.41, 5.74) is 2.57. The summed E-state index contributed by atoms with van der Waals surface area (Å²) in [6, 6.07) is 16.2. The van der Waals surface area contributed by atoms with E-state index in [9.17, 15) is 20.2 Å². The van der Waals surface area contributed by atoms with Crippen molar-refractivity contribution in [2.45, 2.75) is 13.2 Å². The first kappa shape index (κ1) is 22.3. The first-order valence-corrected chi connectivity index (χ1v) is 10.2. The maximum atomic E-state index is 10.8. The largest absolute Gasteiger partial charge is 0.493 e. The van der Waals surface area contributed by atoms with E-state index in [4.69, 9.17) is 9.47 Å². The molecule has 0 aliphatic carbocycles. The Kier molecular flexibility index (Phi) is 7.23. The van der Waals surface area contributed by atoms with E-state index in [1.165, 1.54) is 24.3 Å². The first-order valence-electron chi connectivity index (χ1n) is 9.08. The Labute approximate surface area is 191 Å². The van der Waals surface area contributed by atoms with Crippen molar-refractivity contribution in [2.75, 3.05) is 12.4 Å². The molecule has 0 aliphatic rings. The van der Waals surface area contributed by atoms with Crippen LogP contribution < -0.4 is 14.8 Å². The number of rotatable bonds is 9. The van der Waals surface area contributed by atoms with E-state index < -0.39 is 9.85 Å². The summed E-state index contributed by atoms with van der Waals surface area (Å²) in [6.07, 6.45) is 0. The molecule has 0 atom stereocenters. The Hall–Kier alpha value is -3.41. The van der Waals surface area contributed by atoms with Gasteiger partial charge >= 0.3 is 0 Å². The second-order valence-electron chi connectivity index (χ2n) is 6.48. The lowest BCUT2D eigenvalue weighted by Gasteiger charge is -2.15. The van der Waals surface area contributed by atoms with Crippen molar-refractivity contribution >= 4 is 39.7 Å². The number of hydrogen-bond donors (Lipinski definition) is 1. The Morgan fingerprint density at radius 1 is 0.903 bits per heavy atom. The van der Waals surface area contributed by atoms with Crippen LogP contribution in [0.15, 0.2) is 60.7 Å². The fourth-order valence-electron chi connectivity index (χ4n) is 2.79. The molecule has 3 aromatic carbocycles. The van der Waals surface area contributed by atoms with Crippen LogP contribution in [0, 0.1) is 23.8 Å². The van der Waals surface area contributed by atoms with Crippen LogP contribution in [0.3, 0.4) is 0 Å². The minimum absolute atomic E-state index is 0.0285. The van der Waals surface area contributed by atoms with Gasteiger partial charge in [0.15, 0.2) is 11.5 Å². The third-order valence-electron chi connectivity index (χ3n) is 4.39. The zero-order valence-electron chi connectivity index (χ0n) is 16.4. The number of anilines is 1. The molecule has 10 heteroatoms. The standard InChI is InChI=1S/C21H18IN3O6/c1-30-20-11-15(12-23-16-4-8-18(9-5-16)25(28)29)10-19(22)21(20)31-13-14-2-6-17(7-3-14)24(26)27/h2-11,23H,12-13H2,1H3. The zero-order chi connectivity index (χ0) is 22.4. The lowest BCUT2D eigenvalue weighted by atomic mass is 10.2. The molecular weight excluding hydrogens is 517 g/mol. The molecule has 0 radical (unpaired) electrons. The Balaban J connectivity index is 1.67. The molecule has 0 amide bonds. The monoisotopic (exact) mass is 535 g/mol. The molecule has 0 aromatic heterocycles. The van der Waals surface area contributed by atoms with Crippen LogP contribution in [0.1, 0.15) is 11.1 Å². The van der Waals surface area contributed by atoms with Gasteiger partial charge in [0.1, 0.15) is 6.61 Å². The molecule has 0 heterocycles. The Morgan fingerprint density at radius 2 is 1.48 bits per heavy atom. The van der Waals surface area contributed by atoms with Crippen LogP contribution in [-0.2, 0) is 13.2 Å². The van der Waals surface area contributed by atoms with Crippen molar-refractivity contribution in [3.63, 3.8) is 0 Å². The quantitative estimate of drug-likeness (QED) is 0.224. The molecular formula is C21H18IN3O6. The predicted octanol–water partition coefficient (Wildman–Crippen LogP) is 5.31. The second kappa shape index (κ2) is 10.1. The van der Waals surface area contributed by atoms with Crippen molar-refractivity contribution < 1.29 is 19.3 Å². The van der Waals surface area contributed by atoms with Gasteiger partial charge in [-0.25, -0.2) is 0 Å². The van der Waals surface area contributed by atoms with E-state index in [1.54, 1.807) is 31.4 Å². The molecule has 0 spiro atoms. The van der Waals surface area contributed by atoms with Gasteiger partial charge in [-0.15, -0.1) is 0 Å². The molecule has 0 saturated heterocycles. The van der Waals surface area contributed by atoms with Gasteiger partial charge < -0.3 is 14.8 Å². The number of nitrogens with one attached hydrogen (secondary N) is 1. The summed E-state index contributed by atoms with van der Waals surface area (Å²) in [4.78, 5) is 20.6. The van der Waals surface area contributed by atoms with Gasteiger partial charge in [-0.05, 0) is 70.1 Å². The van der Waals surface area contributed by atoms with Gasteiger partial charge in [-0.3, -0.25) is 20.2 Å². The molecule has 0 saturated carbocycles. The van der Waals surface area contributed by atoms with E-state index in [2.05, 4.69) is 27.9 Å². The van der Waals surface area contributed by atoms with Crippen LogP contribution >= 0.6 is 22.6 Å². The van der Waals surface area contributed by atoms with Gasteiger partial charge in [-0.1, -0.05) is 0 Å². The van der Waals surface area contributed by atoms with Crippen LogP contribution in [0.5, 0.6) is 11.5 Å². The molecule has 31 heavy (non-hydrogen) atoms. The highest BCUT2D eigenvalue weighted by atomic mass is 127. The van der Waals surface area contributed by atoms with E-state index >= 15 is 0 Å². The van der Waals surface area contributed by atoms with Crippen molar-refractivity contribution in [3.05, 3.63) is 95.6 Å². The number of nitro benzene ring substituents is 2. The van der Waals surface area contributed by atoms with Crippen LogP contribution in [0.25, 0.3) is 0 Å². The van der Waals surface area contributed by atoms with Crippen molar-refractivity contribution in [1.82, 2.24) is 0 Å². The number of benzene rings is 3. The molecule has 160 valence electrons. The van der Waals surface area contributed by atoms with E-state index in [0.29, 0.717) is 18.0 Å². The van der Waals surface area contributed by atoms with Crippen LogP contribution in [0.2, 0.25) is 0 Å². The SMILES string of the molecule is COc1cc(CNc2ccc([N+](=O)[O-])cc2)cc(I)c1OCc1ccc([N+](=O)[O-])cc1. The molecule has 0 bridgehead atoms. The maximum absolute atomic E-state index is 10.8. The van der Waals surface area contributed by atoms with Gasteiger partial charge in [-0.2, -0.15) is 0 Å². The summed E-state index contributed by atoms with van der Waals surface area (Å²) in [5, 5.41) is 24.7. The molecule has 0 fully saturated rings. The van der Waals surface area contributed by atoms with Crippen molar-refractivity contribution in [1.29, 1.82) is 0 Å². The van der Waals surface area contributed by atoms with Crippen molar-refractivity contribution in [3.8, 4) is 11.5 Å². The molecule has 3 aromatic rings. The predicted molar refractivity (Wildman–Crippen MR) is 124 cm³/mol. The van der Waals surface area contributed by atoms with E-state index in [0.717, 1.165) is 20.4 Å². The number of non-ortho nitro benzene ring substituents is 2. The number of nitro groups is 2. The summed E-state index contributed by atoms with van der Waals surface area (Å²) >= 11 is 2.16. The molecule has 0 unspecified atom stereocenters. The number of methoxy groups -OCH3 is 1. The van der Waals surface area contributed by atoms with Crippen LogP contribution in [0.4, 0.5) is 17.1 Å². The minimum atomic E-state index is -0.444. The molecule has 0 aliphatic heterocycles. The number of nitrogens with zero attached hydrogens (tertiary/aromatic N) is 2. The van der Waals surface area contributed by atoms with E-state index in [1.807, 2.05) is 12.1 Å². The van der Waals surface area contributed by atoms with Gasteiger partial charge in [0.05, 0.1) is 20.5 Å². The normalized spacial score (nSPS) is 10.4. The highest BCUT2D eigenvalue weighted by Gasteiger charge is 2.13. The molecule has 9 nitrogen and oxygen atoms in total. The molecule has 1 N–H and O–H groups in total.